The van der Waals surface area contributed by atoms with E-state index in [4.69, 9.17) is 13.8 Å². The smallest absolute Gasteiger partial charge is 0.306 e. The van der Waals surface area contributed by atoms with E-state index in [1.54, 1.807) is 0 Å². The largest absolute Gasteiger partial charge is 0.756 e. The lowest BCUT2D eigenvalue weighted by Gasteiger charge is -2.30. The van der Waals surface area contributed by atoms with Crippen molar-refractivity contribution in [3.63, 3.8) is 0 Å². The molecule has 454 valence electrons. The maximum Gasteiger partial charge on any atom is 0.306 e. The molecule has 0 aliphatic heterocycles. The lowest BCUT2D eigenvalue weighted by Crippen LogP contribution is -2.47. The van der Waals surface area contributed by atoms with Gasteiger partial charge in [-0.15, -0.1) is 0 Å². The van der Waals surface area contributed by atoms with Crippen LogP contribution in [0.5, 0.6) is 0 Å². The van der Waals surface area contributed by atoms with Crippen molar-refractivity contribution in [2.45, 2.75) is 309 Å². The number of phosphoric acid groups is 1. The first-order chi connectivity index (χ1) is 37.9. The average Bonchev–Trinajstić information content (AvgIpc) is 3.40. The Morgan fingerprint density at radius 2 is 0.821 bits per heavy atom. The Morgan fingerprint density at radius 1 is 0.462 bits per heavy atom. The first-order valence-corrected chi connectivity index (χ1v) is 34.2. The van der Waals surface area contributed by atoms with Gasteiger partial charge in [-0.05, 0) is 96.0 Å². The average molecular weight is 1110 g/mol. The summed E-state index contributed by atoms with van der Waals surface area (Å²) in [6.07, 6.45) is 74.5. The third-order valence-electron chi connectivity index (χ3n) is 14.4. The number of ether oxygens (including phenoxy) is 1. The summed E-state index contributed by atoms with van der Waals surface area (Å²) in [5.41, 5.74) is 0. The molecular weight excluding hydrogens is 988 g/mol. The maximum absolute atomic E-state index is 13.6. The van der Waals surface area contributed by atoms with Crippen LogP contribution in [0.15, 0.2) is 72.9 Å². The van der Waals surface area contributed by atoms with Gasteiger partial charge in [-0.25, -0.2) is 0 Å². The predicted octanol–water partition coefficient (Wildman–Crippen LogP) is 19.8. The second kappa shape index (κ2) is 57.7. The third-order valence-corrected chi connectivity index (χ3v) is 15.3. The Kier molecular flexibility index (Phi) is 55.8. The zero-order valence-corrected chi connectivity index (χ0v) is 52.8. The van der Waals surface area contributed by atoms with Crippen molar-refractivity contribution < 1.29 is 37.3 Å². The fourth-order valence-electron chi connectivity index (χ4n) is 9.33. The number of unbranched alkanes of at least 4 members (excludes halogenated alkanes) is 33. The fourth-order valence-corrected chi connectivity index (χ4v) is 10.1. The Balaban J connectivity index is 5.12. The van der Waals surface area contributed by atoms with Crippen LogP contribution in [0, 0.1) is 0 Å². The van der Waals surface area contributed by atoms with Crippen molar-refractivity contribution in [3.05, 3.63) is 72.9 Å². The van der Waals surface area contributed by atoms with Gasteiger partial charge >= 0.3 is 5.97 Å². The van der Waals surface area contributed by atoms with Gasteiger partial charge in [0.15, 0.2) is 0 Å². The summed E-state index contributed by atoms with van der Waals surface area (Å²) in [5.74, 6) is -0.561. The quantitative estimate of drug-likeness (QED) is 0.0212. The molecule has 0 radical (unpaired) electrons. The van der Waals surface area contributed by atoms with E-state index in [1.165, 1.54) is 167 Å². The summed E-state index contributed by atoms with van der Waals surface area (Å²) in [5, 5.41) is 3.03. The van der Waals surface area contributed by atoms with Crippen LogP contribution in [0.4, 0.5) is 0 Å². The first-order valence-electron chi connectivity index (χ1n) is 32.7. The lowest BCUT2D eigenvalue weighted by molar-refractivity contribution is -0.870. The van der Waals surface area contributed by atoms with Crippen LogP contribution in [-0.4, -0.2) is 69.4 Å². The van der Waals surface area contributed by atoms with Gasteiger partial charge in [0, 0.05) is 12.8 Å². The van der Waals surface area contributed by atoms with E-state index in [0.717, 1.165) is 89.9 Å². The number of likely N-dealkylation sites (N-methyl/N-ethyl adjacent to an activating group) is 1. The molecule has 0 saturated heterocycles. The van der Waals surface area contributed by atoms with Crippen molar-refractivity contribution in [2.24, 2.45) is 0 Å². The van der Waals surface area contributed by atoms with Crippen LogP contribution in [0.1, 0.15) is 297 Å². The van der Waals surface area contributed by atoms with Gasteiger partial charge in [-0.1, -0.05) is 261 Å². The molecule has 0 fully saturated rings. The number of hydrogen-bond donors (Lipinski definition) is 1. The molecule has 0 aromatic carbocycles. The van der Waals surface area contributed by atoms with Gasteiger partial charge in [0.2, 0.25) is 5.91 Å². The van der Waals surface area contributed by atoms with E-state index in [2.05, 4.69) is 86.8 Å². The predicted molar refractivity (Wildman–Crippen MR) is 335 cm³/mol. The summed E-state index contributed by atoms with van der Waals surface area (Å²) in [7, 11) is 1.17. The zero-order chi connectivity index (χ0) is 57.2. The van der Waals surface area contributed by atoms with E-state index >= 15 is 0 Å². The molecule has 0 heterocycles. The number of carbonyl (C=O) groups excluding carboxylic acids is 2. The molecule has 3 unspecified atom stereocenters. The molecule has 0 aliphatic carbocycles. The van der Waals surface area contributed by atoms with Crippen LogP contribution >= 0.6 is 7.82 Å². The number of phosphoric ester groups is 1. The monoisotopic (exact) mass is 1110 g/mol. The fraction of sp³-hybridized carbons (Fsp3) is 0.794. The van der Waals surface area contributed by atoms with Gasteiger partial charge in [0.1, 0.15) is 19.3 Å². The topological polar surface area (TPSA) is 114 Å². The highest BCUT2D eigenvalue weighted by molar-refractivity contribution is 7.45. The molecule has 0 rings (SSSR count). The van der Waals surface area contributed by atoms with Crippen molar-refractivity contribution in [3.8, 4) is 0 Å². The standard InChI is InChI=1S/C68H125N2O7P/c1-7-10-13-16-19-22-25-28-30-31-32-33-34-35-36-37-38-39-40-42-45-48-51-54-57-60-67(71)69-65(64-76-78(73,74)75-63-62-70(4,5)6)66(59-56-53-50-47-44-41-27-24-21-18-15-12-9-3)77-68(72)61-58-55-52-49-46-43-29-26-23-20-17-14-11-8-2/h11,14,19-20,22-23,28-30,43,56,59,65-66H,7-10,12-13,15-18,21,24-27,31-42,44-55,57-58,60-64H2,1-6H3,(H-,69,71,73,74)/b14-11+,22-19-,23-20+,30-28-,43-29+,59-56-. The molecule has 0 spiro atoms. The number of quaternary nitrogens is 1. The summed E-state index contributed by atoms with van der Waals surface area (Å²) in [6.45, 7) is 6.71. The summed E-state index contributed by atoms with van der Waals surface area (Å²) in [6, 6.07) is -0.899. The molecule has 0 aromatic heterocycles. The third kappa shape index (κ3) is 58.1. The van der Waals surface area contributed by atoms with Gasteiger partial charge in [-0.3, -0.25) is 14.2 Å². The maximum atomic E-state index is 13.6. The molecule has 0 aliphatic rings. The first kappa shape index (κ1) is 75.5. The second-order valence-corrected chi connectivity index (χ2v) is 24.6. The minimum Gasteiger partial charge on any atom is -0.756 e. The van der Waals surface area contributed by atoms with Crippen molar-refractivity contribution in [1.29, 1.82) is 0 Å². The van der Waals surface area contributed by atoms with E-state index in [9.17, 15) is 19.0 Å². The number of amides is 1. The minimum atomic E-state index is -4.71. The van der Waals surface area contributed by atoms with Crippen LogP contribution in [0.2, 0.25) is 0 Å². The minimum absolute atomic E-state index is 0.0274. The summed E-state index contributed by atoms with van der Waals surface area (Å²) < 4.78 is 30.3. The Bertz CT molecular complexity index is 1570. The van der Waals surface area contributed by atoms with Gasteiger partial charge < -0.3 is 28.5 Å². The molecule has 9 nitrogen and oxygen atoms in total. The second-order valence-electron chi connectivity index (χ2n) is 23.2. The molecule has 0 bridgehead atoms. The molecule has 3 atom stereocenters. The molecule has 0 aromatic rings. The van der Waals surface area contributed by atoms with Crippen molar-refractivity contribution in [1.82, 2.24) is 5.32 Å². The van der Waals surface area contributed by atoms with Crippen molar-refractivity contribution in [2.75, 3.05) is 40.9 Å². The number of esters is 1. The van der Waals surface area contributed by atoms with Crippen LogP contribution in [0.25, 0.3) is 0 Å². The van der Waals surface area contributed by atoms with Crippen LogP contribution in [-0.2, 0) is 27.9 Å². The Labute approximate surface area is 483 Å². The number of nitrogens with one attached hydrogen (secondary N) is 1. The van der Waals surface area contributed by atoms with Gasteiger partial charge in [0.25, 0.3) is 7.82 Å². The van der Waals surface area contributed by atoms with E-state index in [0.29, 0.717) is 23.9 Å². The SMILES string of the molecule is CC/C=C/C/C=C/C/C=C/CCCCCCC(=O)OC(/C=C\CCCCCCCCCCCCC)C(COP(=O)([O-])OCC[N+](C)(C)C)NC(=O)CCCCCCCCCCCCCCCCC/C=C\C/C=C\CCCCC. The normalized spacial score (nSPS) is 14.1. The van der Waals surface area contributed by atoms with E-state index < -0.39 is 26.6 Å². The number of nitrogens with zero attached hydrogens (tertiary/aromatic N) is 1. The molecule has 10 heteroatoms. The number of hydrogen-bond acceptors (Lipinski definition) is 7. The number of rotatable bonds is 59. The molecular formula is C68H125N2O7P. The number of carbonyl (C=O) groups is 2. The Hall–Kier alpha value is -2.55. The Morgan fingerprint density at radius 3 is 1.26 bits per heavy atom. The molecule has 0 saturated carbocycles. The summed E-state index contributed by atoms with van der Waals surface area (Å²) >= 11 is 0. The zero-order valence-electron chi connectivity index (χ0n) is 51.9. The van der Waals surface area contributed by atoms with Crippen LogP contribution < -0.4 is 10.2 Å². The van der Waals surface area contributed by atoms with Gasteiger partial charge in [-0.2, -0.15) is 0 Å². The number of allylic oxidation sites excluding steroid dienone is 11. The van der Waals surface area contributed by atoms with E-state index in [1.807, 2.05) is 33.3 Å². The van der Waals surface area contributed by atoms with Crippen LogP contribution in [0.3, 0.4) is 0 Å². The molecule has 1 amide bonds. The van der Waals surface area contributed by atoms with Crippen molar-refractivity contribution >= 4 is 19.7 Å². The summed E-state index contributed by atoms with van der Waals surface area (Å²) in [4.78, 5) is 40.0. The molecule has 78 heavy (non-hydrogen) atoms. The highest BCUT2D eigenvalue weighted by Crippen LogP contribution is 2.38. The lowest BCUT2D eigenvalue weighted by atomic mass is 10.0. The highest BCUT2D eigenvalue weighted by Gasteiger charge is 2.27. The van der Waals surface area contributed by atoms with E-state index in [-0.39, 0.29) is 24.9 Å². The molecule has 1 N–H and O–H groups in total. The van der Waals surface area contributed by atoms with Gasteiger partial charge in [0.05, 0.1) is 33.8 Å². The highest BCUT2D eigenvalue weighted by atomic mass is 31.2.